The number of aliphatic hydroxyl groups excluding tert-OH is 4. The summed E-state index contributed by atoms with van der Waals surface area (Å²) in [6.07, 6.45) is -4.21. The predicted molar refractivity (Wildman–Crippen MR) is 71.1 cm³/mol. The smallest absolute Gasteiger partial charge is 0.187 e. The van der Waals surface area contributed by atoms with Crippen LogP contribution in [0.2, 0.25) is 0 Å². The third-order valence-electron chi connectivity index (χ3n) is 3.99. The van der Waals surface area contributed by atoms with Crippen LogP contribution in [-0.4, -0.2) is 103 Å². The fourth-order valence-electron chi connectivity index (χ4n) is 2.75. The van der Waals surface area contributed by atoms with E-state index >= 15 is 0 Å². The minimum Gasteiger partial charge on any atom is -0.394 e. The van der Waals surface area contributed by atoms with Gasteiger partial charge in [0.1, 0.15) is 42.7 Å². The van der Waals surface area contributed by atoms with Gasteiger partial charge >= 0.3 is 0 Å². The van der Waals surface area contributed by atoms with Gasteiger partial charge in [-0.1, -0.05) is 0 Å². The molecule has 0 aliphatic carbocycles. The third kappa shape index (κ3) is 3.58. The van der Waals surface area contributed by atoms with Crippen molar-refractivity contribution in [1.29, 1.82) is 0 Å². The van der Waals surface area contributed by atoms with Crippen LogP contribution in [-0.2, 0) is 23.7 Å². The Morgan fingerprint density at radius 1 is 1.09 bits per heavy atom. The highest BCUT2D eigenvalue weighted by Crippen LogP contribution is 2.32. The second kappa shape index (κ2) is 7.95. The molecule has 130 valence electrons. The van der Waals surface area contributed by atoms with Crippen LogP contribution >= 0.6 is 0 Å². The molecule has 0 saturated carbocycles. The highest BCUT2D eigenvalue weighted by molar-refractivity contribution is 4.93. The van der Waals surface area contributed by atoms with Gasteiger partial charge in [-0.15, -0.1) is 0 Å². The molecule has 4 N–H and O–H groups in total. The summed E-state index contributed by atoms with van der Waals surface area (Å²) in [5.41, 5.74) is 0. The zero-order chi connectivity index (χ0) is 16.3. The van der Waals surface area contributed by atoms with E-state index in [4.69, 9.17) is 44.1 Å². The summed E-state index contributed by atoms with van der Waals surface area (Å²) in [4.78, 5) is 0. The van der Waals surface area contributed by atoms with Gasteiger partial charge in [-0.25, -0.2) is 0 Å². The van der Waals surface area contributed by atoms with E-state index < -0.39 is 31.0 Å². The molecule has 3 aliphatic rings. The lowest BCUT2D eigenvalue weighted by Gasteiger charge is -2.24. The van der Waals surface area contributed by atoms with Crippen LogP contribution in [0.15, 0.2) is 0 Å². The van der Waals surface area contributed by atoms with E-state index in [0.29, 0.717) is 6.61 Å². The Balaban J connectivity index is 0.000000160. The fourth-order valence-corrected chi connectivity index (χ4v) is 2.75. The number of ether oxygens (including phenoxy) is 5. The number of fused-ring (bicyclic) bond motifs is 2. The average Bonchev–Trinajstić information content (AvgIpc) is 3.22. The first-order valence-corrected chi connectivity index (χ1v) is 7.12. The van der Waals surface area contributed by atoms with Crippen LogP contribution in [0.1, 0.15) is 0 Å². The molecule has 0 radical (unpaired) electrons. The molecule has 0 aromatic heterocycles. The van der Waals surface area contributed by atoms with Crippen LogP contribution in [0.25, 0.3) is 0 Å². The maximum atomic E-state index is 9.11. The summed E-state index contributed by atoms with van der Waals surface area (Å²) in [7, 11) is 3.31. The topological polar surface area (TPSA) is 127 Å². The lowest BCUT2D eigenvalue weighted by atomic mass is 10.1. The maximum absolute atomic E-state index is 9.11. The largest absolute Gasteiger partial charge is 0.394 e. The standard InChI is InChI=1S/C7H12O4.C6H12O5/c1-8-5-4-3-10-7(11-4)6(5)9-2;7-1-3(8)6-5(10)4(9)2-11-6/h4-7H,3H2,1-2H3;3-10H,1-2H2/t4-,5-,6+,7+;3-,4+,5-,6-/m11/s1. The average molecular weight is 324 g/mol. The van der Waals surface area contributed by atoms with Crippen molar-refractivity contribution in [3.63, 3.8) is 0 Å². The Morgan fingerprint density at radius 3 is 2.23 bits per heavy atom. The molecule has 2 bridgehead atoms. The molecule has 0 unspecified atom stereocenters. The Bertz CT molecular complexity index is 325. The van der Waals surface area contributed by atoms with E-state index in [0.717, 1.165) is 0 Å². The molecule has 0 aromatic carbocycles. The minimum absolute atomic E-state index is 0.00287. The van der Waals surface area contributed by atoms with Crippen LogP contribution in [0, 0.1) is 0 Å². The van der Waals surface area contributed by atoms with Gasteiger partial charge in [-0.3, -0.25) is 0 Å². The second-order valence-corrected chi connectivity index (χ2v) is 5.38. The quantitative estimate of drug-likeness (QED) is 0.434. The van der Waals surface area contributed by atoms with Crippen molar-refractivity contribution in [3.8, 4) is 0 Å². The first-order chi connectivity index (χ1) is 10.5. The van der Waals surface area contributed by atoms with E-state index in [1.165, 1.54) is 0 Å². The van der Waals surface area contributed by atoms with Gasteiger partial charge in [-0.05, 0) is 0 Å². The highest BCUT2D eigenvalue weighted by Gasteiger charge is 2.51. The predicted octanol–water partition coefficient (Wildman–Crippen LogP) is -2.77. The van der Waals surface area contributed by atoms with Crippen molar-refractivity contribution in [2.75, 3.05) is 34.0 Å². The normalized spacial score (nSPS) is 44.7. The van der Waals surface area contributed by atoms with E-state index in [1.807, 2.05) is 0 Å². The van der Waals surface area contributed by atoms with Crippen molar-refractivity contribution >= 4 is 0 Å². The van der Waals surface area contributed by atoms with E-state index in [1.54, 1.807) is 14.2 Å². The van der Waals surface area contributed by atoms with Crippen molar-refractivity contribution in [1.82, 2.24) is 0 Å². The first-order valence-electron chi connectivity index (χ1n) is 7.12. The Hall–Kier alpha value is -0.360. The molecule has 3 rings (SSSR count). The van der Waals surface area contributed by atoms with Crippen molar-refractivity contribution in [3.05, 3.63) is 0 Å². The molecule has 8 atom stereocenters. The van der Waals surface area contributed by atoms with Crippen LogP contribution in [0.5, 0.6) is 0 Å². The van der Waals surface area contributed by atoms with Crippen molar-refractivity contribution in [2.24, 2.45) is 0 Å². The summed E-state index contributed by atoms with van der Waals surface area (Å²) in [6, 6.07) is 0. The van der Waals surface area contributed by atoms with E-state index in [-0.39, 0.29) is 31.2 Å². The zero-order valence-electron chi connectivity index (χ0n) is 12.6. The first kappa shape index (κ1) is 18.0. The molecule has 0 spiro atoms. The van der Waals surface area contributed by atoms with Crippen molar-refractivity contribution in [2.45, 2.75) is 49.0 Å². The number of hydrogen-bond donors (Lipinski definition) is 4. The Morgan fingerprint density at radius 2 is 1.77 bits per heavy atom. The SMILES string of the molecule is CO[C@@H]1[C@H]2OC[C@@H](O2)[C@H]1OC.OC[C@@H](O)[C@H]1OC[C@H](O)[C@H]1O. The summed E-state index contributed by atoms with van der Waals surface area (Å²) >= 11 is 0. The minimum atomic E-state index is -1.12. The molecule has 3 heterocycles. The molecule has 0 amide bonds. The van der Waals surface area contributed by atoms with E-state index in [9.17, 15) is 0 Å². The van der Waals surface area contributed by atoms with Crippen LogP contribution in [0.3, 0.4) is 0 Å². The summed E-state index contributed by atoms with van der Waals surface area (Å²) in [5, 5.41) is 35.5. The van der Waals surface area contributed by atoms with Crippen LogP contribution in [0.4, 0.5) is 0 Å². The number of aliphatic hydroxyl groups is 4. The third-order valence-corrected chi connectivity index (χ3v) is 3.99. The summed E-state index contributed by atoms with van der Waals surface area (Å²) in [6.45, 7) is 0.153. The number of hydrogen-bond acceptors (Lipinski definition) is 9. The molecule has 9 heteroatoms. The highest BCUT2D eigenvalue weighted by atomic mass is 16.8. The Labute approximate surface area is 128 Å². The van der Waals surface area contributed by atoms with Gasteiger partial charge in [0.15, 0.2) is 6.29 Å². The molecular formula is C13H24O9. The summed E-state index contributed by atoms with van der Waals surface area (Å²) in [5.74, 6) is 0. The van der Waals surface area contributed by atoms with Gasteiger partial charge in [0.2, 0.25) is 0 Å². The lowest BCUT2D eigenvalue weighted by molar-refractivity contribution is -0.132. The molecule has 3 saturated heterocycles. The van der Waals surface area contributed by atoms with E-state index in [2.05, 4.69) is 0 Å². The van der Waals surface area contributed by atoms with Gasteiger partial charge in [0.25, 0.3) is 0 Å². The molecular weight excluding hydrogens is 300 g/mol. The molecule has 0 aromatic rings. The van der Waals surface area contributed by atoms with Crippen molar-refractivity contribution < 1.29 is 44.1 Å². The maximum Gasteiger partial charge on any atom is 0.187 e. The number of rotatable bonds is 4. The number of methoxy groups -OCH3 is 2. The molecule has 3 fully saturated rings. The monoisotopic (exact) mass is 324 g/mol. The molecule has 9 nitrogen and oxygen atoms in total. The summed E-state index contributed by atoms with van der Waals surface area (Å²) < 4.78 is 25.9. The zero-order valence-corrected chi connectivity index (χ0v) is 12.6. The molecule has 22 heavy (non-hydrogen) atoms. The second-order valence-electron chi connectivity index (χ2n) is 5.38. The van der Waals surface area contributed by atoms with Crippen LogP contribution < -0.4 is 0 Å². The molecule has 3 aliphatic heterocycles. The Kier molecular flexibility index (Phi) is 6.50. The van der Waals surface area contributed by atoms with Gasteiger partial charge in [-0.2, -0.15) is 0 Å². The van der Waals surface area contributed by atoms with Gasteiger partial charge in [0.05, 0.1) is 19.8 Å². The van der Waals surface area contributed by atoms with Gasteiger partial charge < -0.3 is 44.1 Å². The van der Waals surface area contributed by atoms with Gasteiger partial charge in [0, 0.05) is 14.2 Å². The lowest BCUT2D eigenvalue weighted by Crippen LogP contribution is -2.42. The fraction of sp³-hybridized carbons (Fsp3) is 1.00.